The lowest BCUT2D eigenvalue weighted by Crippen LogP contribution is -2.05. The molecule has 1 heterocycles. The summed E-state index contributed by atoms with van der Waals surface area (Å²) < 4.78 is 1.74. The predicted octanol–water partition coefficient (Wildman–Crippen LogP) is 0.338. The second-order valence-electron chi connectivity index (χ2n) is 2.57. The van der Waals surface area contributed by atoms with Gasteiger partial charge in [-0.25, -0.2) is 4.68 Å². The summed E-state index contributed by atoms with van der Waals surface area (Å²) >= 11 is 1.46. The van der Waals surface area contributed by atoms with Gasteiger partial charge in [0.05, 0.1) is 12.6 Å². The summed E-state index contributed by atoms with van der Waals surface area (Å²) in [6.07, 6.45) is 0. The molecule has 0 bridgehead atoms. The number of tetrazole rings is 1. The lowest BCUT2D eigenvalue weighted by Gasteiger charge is -2.05. The van der Waals surface area contributed by atoms with Crippen LogP contribution in [0.4, 0.5) is 0 Å². The Morgan fingerprint density at radius 3 is 2.92 bits per heavy atom. The maximum Gasteiger partial charge on any atom is 0.209 e. The average molecular weight is 188 g/mol. The first-order valence-electron chi connectivity index (χ1n) is 3.77. The fourth-order valence-corrected chi connectivity index (χ4v) is 1.49. The van der Waals surface area contributed by atoms with E-state index in [1.54, 1.807) is 4.68 Å². The standard InChI is InChI=1S/C6H12N4OS/c1-5(2)10-6(7-8-9-10)12-4-3-11/h5,11H,3-4H2,1-2H3. The highest BCUT2D eigenvalue weighted by atomic mass is 32.2. The topological polar surface area (TPSA) is 63.8 Å². The van der Waals surface area contributed by atoms with Crippen molar-refractivity contribution in [1.82, 2.24) is 20.2 Å². The highest BCUT2D eigenvalue weighted by molar-refractivity contribution is 7.99. The van der Waals surface area contributed by atoms with Crippen LogP contribution in [0.15, 0.2) is 5.16 Å². The van der Waals surface area contributed by atoms with Crippen LogP contribution in [0, 0.1) is 0 Å². The lowest BCUT2D eigenvalue weighted by molar-refractivity contribution is 0.322. The summed E-state index contributed by atoms with van der Waals surface area (Å²) in [6.45, 7) is 4.17. The third-order valence-electron chi connectivity index (χ3n) is 1.27. The minimum atomic E-state index is 0.148. The van der Waals surface area contributed by atoms with Crippen LogP contribution in [-0.2, 0) is 0 Å². The zero-order valence-electron chi connectivity index (χ0n) is 7.14. The van der Waals surface area contributed by atoms with Crippen molar-refractivity contribution in [3.05, 3.63) is 0 Å². The summed E-state index contributed by atoms with van der Waals surface area (Å²) in [6, 6.07) is 0.265. The van der Waals surface area contributed by atoms with Crippen molar-refractivity contribution in [2.24, 2.45) is 0 Å². The van der Waals surface area contributed by atoms with Gasteiger partial charge in [0.2, 0.25) is 5.16 Å². The van der Waals surface area contributed by atoms with Gasteiger partial charge < -0.3 is 5.11 Å². The molecule has 1 aromatic heterocycles. The molecule has 0 spiro atoms. The van der Waals surface area contributed by atoms with E-state index in [-0.39, 0.29) is 12.6 Å². The van der Waals surface area contributed by atoms with Gasteiger partial charge in [0.25, 0.3) is 0 Å². The molecule has 0 unspecified atom stereocenters. The number of aromatic nitrogens is 4. The van der Waals surface area contributed by atoms with Crippen molar-refractivity contribution in [3.8, 4) is 0 Å². The maximum atomic E-state index is 8.60. The third-order valence-corrected chi connectivity index (χ3v) is 2.19. The summed E-state index contributed by atoms with van der Waals surface area (Å²) in [5.41, 5.74) is 0. The van der Waals surface area contributed by atoms with Gasteiger partial charge in [0, 0.05) is 5.75 Å². The van der Waals surface area contributed by atoms with E-state index in [9.17, 15) is 0 Å². The first-order chi connectivity index (χ1) is 5.75. The number of hydrogen-bond acceptors (Lipinski definition) is 5. The molecule has 1 rings (SSSR count). The molecule has 6 heteroatoms. The van der Waals surface area contributed by atoms with Crippen molar-refractivity contribution in [1.29, 1.82) is 0 Å². The second kappa shape index (κ2) is 4.42. The molecule has 0 radical (unpaired) electrons. The van der Waals surface area contributed by atoms with Gasteiger partial charge in [0.15, 0.2) is 0 Å². The summed E-state index contributed by atoms with van der Waals surface area (Å²) in [7, 11) is 0. The molecule has 5 nitrogen and oxygen atoms in total. The minimum absolute atomic E-state index is 0.148. The fraction of sp³-hybridized carbons (Fsp3) is 0.833. The van der Waals surface area contributed by atoms with E-state index in [2.05, 4.69) is 15.5 Å². The number of rotatable bonds is 4. The van der Waals surface area contributed by atoms with E-state index in [0.29, 0.717) is 5.75 Å². The molecule has 1 aromatic rings. The molecule has 0 saturated heterocycles. The van der Waals surface area contributed by atoms with Crippen molar-refractivity contribution < 1.29 is 5.11 Å². The Bertz CT molecular complexity index is 237. The average Bonchev–Trinajstić information content (AvgIpc) is 2.48. The fourth-order valence-electron chi connectivity index (χ4n) is 0.742. The highest BCUT2D eigenvalue weighted by Gasteiger charge is 2.08. The van der Waals surface area contributed by atoms with Gasteiger partial charge in [-0.2, -0.15) is 0 Å². The monoisotopic (exact) mass is 188 g/mol. The molecular weight excluding hydrogens is 176 g/mol. The number of nitrogens with zero attached hydrogens (tertiary/aromatic N) is 4. The van der Waals surface area contributed by atoms with E-state index < -0.39 is 0 Å². The molecule has 0 aliphatic heterocycles. The minimum Gasteiger partial charge on any atom is -0.396 e. The third kappa shape index (κ3) is 2.18. The van der Waals surface area contributed by atoms with E-state index in [1.807, 2.05) is 13.8 Å². The Hall–Kier alpha value is -0.620. The number of hydrogen-bond donors (Lipinski definition) is 1. The first kappa shape index (κ1) is 9.47. The van der Waals surface area contributed by atoms with Crippen molar-refractivity contribution in [2.45, 2.75) is 25.0 Å². The van der Waals surface area contributed by atoms with Gasteiger partial charge in [0.1, 0.15) is 0 Å². The molecule has 0 saturated carbocycles. The van der Waals surface area contributed by atoms with Crippen LogP contribution in [0.1, 0.15) is 19.9 Å². The molecule has 12 heavy (non-hydrogen) atoms. The predicted molar refractivity (Wildman–Crippen MR) is 46.0 cm³/mol. The van der Waals surface area contributed by atoms with Crippen LogP contribution in [-0.4, -0.2) is 37.7 Å². The zero-order chi connectivity index (χ0) is 8.97. The zero-order valence-corrected chi connectivity index (χ0v) is 7.95. The van der Waals surface area contributed by atoms with Crippen LogP contribution in [0.2, 0.25) is 0 Å². The van der Waals surface area contributed by atoms with Gasteiger partial charge in [-0.15, -0.1) is 5.10 Å². The van der Waals surface area contributed by atoms with Gasteiger partial charge in [-0.05, 0) is 24.3 Å². The molecular formula is C6H12N4OS. The summed E-state index contributed by atoms with van der Waals surface area (Å²) in [5, 5.41) is 20.6. The van der Waals surface area contributed by atoms with E-state index in [0.717, 1.165) is 5.16 Å². The van der Waals surface area contributed by atoms with Crippen LogP contribution in [0.5, 0.6) is 0 Å². The smallest absolute Gasteiger partial charge is 0.209 e. The Labute approximate surface area is 75.2 Å². The lowest BCUT2D eigenvalue weighted by atomic mass is 10.4. The molecule has 68 valence electrons. The van der Waals surface area contributed by atoms with E-state index in [1.165, 1.54) is 11.8 Å². The molecule has 0 amide bonds. The number of aliphatic hydroxyl groups is 1. The van der Waals surface area contributed by atoms with Gasteiger partial charge in [-0.1, -0.05) is 11.8 Å². The maximum absolute atomic E-state index is 8.60. The van der Waals surface area contributed by atoms with Crippen LogP contribution < -0.4 is 0 Å². The quantitative estimate of drug-likeness (QED) is 0.690. The van der Waals surface area contributed by atoms with E-state index in [4.69, 9.17) is 5.11 Å². The molecule has 0 aliphatic carbocycles. The number of thioether (sulfide) groups is 1. The largest absolute Gasteiger partial charge is 0.396 e. The highest BCUT2D eigenvalue weighted by Crippen LogP contribution is 2.16. The molecule has 0 fully saturated rings. The SMILES string of the molecule is CC(C)n1nnnc1SCCO. The Morgan fingerprint density at radius 1 is 1.58 bits per heavy atom. The van der Waals surface area contributed by atoms with Crippen LogP contribution >= 0.6 is 11.8 Å². The van der Waals surface area contributed by atoms with Crippen molar-refractivity contribution in [3.63, 3.8) is 0 Å². The number of aliphatic hydroxyl groups excluding tert-OH is 1. The van der Waals surface area contributed by atoms with Gasteiger partial charge >= 0.3 is 0 Å². The summed E-state index contributed by atoms with van der Waals surface area (Å²) in [5.74, 6) is 0.632. The Kier molecular flexibility index (Phi) is 3.48. The first-order valence-corrected chi connectivity index (χ1v) is 4.75. The Balaban J connectivity index is 2.64. The van der Waals surface area contributed by atoms with Crippen LogP contribution in [0.25, 0.3) is 0 Å². The van der Waals surface area contributed by atoms with Gasteiger partial charge in [-0.3, -0.25) is 0 Å². The van der Waals surface area contributed by atoms with Crippen molar-refractivity contribution >= 4 is 11.8 Å². The van der Waals surface area contributed by atoms with Crippen molar-refractivity contribution in [2.75, 3.05) is 12.4 Å². The molecule has 0 atom stereocenters. The Morgan fingerprint density at radius 2 is 2.33 bits per heavy atom. The van der Waals surface area contributed by atoms with Crippen LogP contribution in [0.3, 0.4) is 0 Å². The second-order valence-corrected chi connectivity index (χ2v) is 3.63. The molecule has 1 N–H and O–H groups in total. The molecule has 0 aliphatic rings. The molecule has 0 aromatic carbocycles. The normalized spacial score (nSPS) is 11.0. The summed E-state index contributed by atoms with van der Waals surface area (Å²) in [4.78, 5) is 0. The van der Waals surface area contributed by atoms with E-state index >= 15 is 0 Å².